The second-order valence-corrected chi connectivity index (χ2v) is 7.56. The van der Waals surface area contributed by atoms with E-state index >= 15 is 0 Å². The molecular weight excluding hydrogens is 368 g/mol. The number of benzene rings is 1. The predicted molar refractivity (Wildman–Crippen MR) is 111 cm³/mol. The molecule has 156 valence electrons. The Morgan fingerprint density at radius 3 is 2.90 bits per heavy atom. The van der Waals surface area contributed by atoms with Crippen molar-refractivity contribution >= 4 is 5.96 Å². The number of nitrogens with one attached hydrogen (secondary N) is 1. The minimum atomic E-state index is 0.218. The topological polar surface area (TPSA) is 79.0 Å². The van der Waals surface area contributed by atoms with E-state index < -0.39 is 0 Å². The van der Waals surface area contributed by atoms with Crippen molar-refractivity contribution in [1.82, 2.24) is 25.3 Å². The van der Waals surface area contributed by atoms with E-state index in [1.165, 1.54) is 5.56 Å². The Balaban J connectivity index is 1.40. The summed E-state index contributed by atoms with van der Waals surface area (Å²) in [6.45, 7) is 9.86. The van der Waals surface area contributed by atoms with Crippen LogP contribution in [0.2, 0.25) is 0 Å². The maximum absolute atomic E-state index is 6.11. The number of nitrogens with zero attached hydrogens (tertiary/aromatic N) is 5. The summed E-state index contributed by atoms with van der Waals surface area (Å²) in [5.41, 5.74) is 1.35. The number of ether oxygens (including phenoxy) is 1. The van der Waals surface area contributed by atoms with Crippen LogP contribution in [0.5, 0.6) is 0 Å². The number of guanidine groups is 1. The van der Waals surface area contributed by atoms with Gasteiger partial charge in [0.2, 0.25) is 5.89 Å². The molecule has 0 radical (unpaired) electrons. The summed E-state index contributed by atoms with van der Waals surface area (Å²) < 4.78 is 11.3. The number of fused-ring (bicyclic) bond motifs is 1. The number of likely N-dealkylation sites (tertiary alicyclic amines) is 1. The van der Waals surface area contributed by atoms with Gasteiger partial charge in [0, 0.05) is 39.1 Å². The zero-order valence-corrected chi connectivity index (χ0v) is 17.3. The molecule has 2 aromatic rings. The van der Waals surface area contributed by atoms with Crippen LogP contribution in [0.1, 0.15) is 24.2 Å². The van der Waals surface area contributed by atoms with Gasteiger partial charge in [-0.2, -0.15) is 4.98 Å². The summed E-state index contributed by atoms with van der Waals surface area (Å²) in [7, 11) is 0. The number of hydrogen-bond acceptors (Lipinski definition) is 6. The lowest BCUT2D eigenvalue weighted by Gasteiger charge is -2.36. The first-order valence-corrected chi connectivity index (χ1v) is 10.4. The zero-order chi connectivity index (χ0) is 20.1. The molecule has 29 heavy (non-hydrogen) atoms. The molecule has 0 amide bonds. The first-order chi connectivity index (χ1) is 14.2. The van der Waals surface area contributed by atoms with Crippen LogP contribution in [0.4, 0.5) is 0 Å². The van der Waals surface area contributed by atoms with Gasteiger partial charge in [-0.25, -0.2) is 0 Å². The fraction of sp³-hybridized carbons (Fsp3) is 0.571. The van der Waals surface area contributed by atoms with Gasteiger partial charge < -0.3 is 19.5 Å². The molecule has 1 aromatic heterocycles. The fourth-order valence-corrected chi connectivity index (χ4v) is 4.07. The maximum Gasteiger partial charge on any atom is 0.228 e. The van der Waals surface area contributed by atoms with Gasteiger partial charge in [-0.05, 0) is 19.4 Å². The Morgan fingerprint density at radius 2 is 2.14 bits per heavy atom. The van der Waals surface area contributed by atoms with Crippen LogP contribution < -0.4 is 5.32 Å². The summed E-state index contributed by atoms with van der Waals surface area (Å²) in [6, 6.07) is 11.1. The number of hydrogen-bond donors (Lipinski definition) is 1. The number of morpholine rings is 1. The third-order valence-corrected chi connectivity index (χ3v) is 5.44. The van der Waals surface area contributed by atoms with Gasteiger partial charge in [-0.3, -0.25) is 9.89 Å². The zero-order valence-electron chi connectivity index (χ0n) is 17.3. The van der Waals surface area contributed by atoms with E-state index in [-0.39, 0.29) is 6.10 Å². The first kappa shape index (κ1) is 19.8. The molecule has 0 spiro atoms. The summed E-state index contributed by atoms with van der Waals surface area (Å²) in [6.07, 6.45) is 0.863. The number of aryl methyl sites for hydroxylation is 1. The summed E-state index contributed by atoms with van der Waals surface area (Å²) in [5.74, 6) is 2.23. The molecule has 4 rings (SSSR count). The predicted octanol–water partition coefficient (Wildman–Crippen LogP) is 1.47. The molecule has 1 aromatic carbocycles. The van der Waals surface area contributed by atoms with Crippen molar-refractivity contribution in [2.75, 3.05) is 39.3 Å². The van der Waals surface area contributed by atoms with Crippen molar-refractivity contribution in [3.63, 3.8) is 0 Å². The van der Waals surface area contributed by atoms with Gasteiger partial charge >= 0.3 is 0 Å². The normalized spacial score (nSPS) is 22.7. The van der Waals surface area contributed by atoms with Crippen molar-refractivity contribution < 1.29 is 9.26 Å². The summed E-state index contributed by atoms with van der Waals surface area (Å²) in [5, 5.41) is 7.26. The highest BCUT2D eigenvalue weighted by Crippen LogP contribution is 2.24. The Morgan fingerprint density at radius 1 is 1.28 bits per heavy atom. The lowest BCUT2D eigenvalue weighted by atomic mass is 10.1. The average molecular weight is 399 g/mol. The Kier molecular flexibility index (Phi) is 6.41. The van der Waals surface area contributed by atoms with Crippen LogP contribution in [0.15, 0.2) is 39.8 Å². The molecule has 8 heteroatoms. The van der Waals surface area contributed by atoms with Crippen LogP contribution in [-0.4, -0.2) is 77.4 Å². The molecule has 2 fully saturated rings. The highest BCUT2D eigenvalue weighted by molar-refractivity contribution is 5.80. The molecule has 2 atom stereocenters. The van der Waals surface area contributed by atoms with Crippen LogP contribution in [-0.2, 0) is 17.7 Å². The molecule has 0 saturated carbocycles. The van der Waals surface area contributed by atoms with Crippen molar-refractivity contribution in [2.24, 2.45) is 4.99 Å². The third kappa shape index (κ3) is 4.94. The van der Waals surface area contributed by atoms with E-state index in [1.54, 1.807) is 0 Å². The number of aromatic nitrogens is 2. The second-order valence-electron chi connectivity index (χ2n) is 7.56. The van der Waals surface area contributed by atoms with Gasteiger partial charge in [0.15, 0.2) is 11.8 Å². The van der Waals surface area contributed by atoms with Gasteiger partial charge in [0.1, 0.15) is 0 Å². The Labute approximate surface area is 171 Å². The molecule has 1 N–H and O–H groups in total. The highest BCUT2D eigenvalue weighted by atomic mass is 16.5. The largest absolute Gasteiger partial charge is 0.373 e. The smallest absolute Gasteiger partial charge is 0.228 e. The van der Waals surface area contributed by atoms with E-state index in [9.17, 15) is 0 Å². The molecule has 3 heterocycles. The lowest BCUT2D eigenvalue weighted by molar-refractivity contribution is -0.0502. The Bertz CT molecular complexity index is 809. The van der Waals surface area contributed by atoms with E-state index in [2.05, 4.69) is 62.5 Å². The third-order valence-electron chi connectivity index (χ3n) is 5.44. The first-order valence-electron chi connectivity index (χ1n) is 10.4. The van der Waals surface area contributed by atoms with Crippen molar-refractivity contribution in [2.45, 2.75) is 39.0 Å². The van der Waals surface area contributed by atoms with Crippen LogP contribution >= 0.6 is 0 Å². The van der Waals surface area contributed by atoms with Gasteiger partial charge in [-0.1, -0.05) is 35.5 Å². The van der Waals surface area contributed by atoms with E-state index in [0.717, 1.165) is 45.3 Å². The molecule has 0 aliphatic carbocycles. The van der Waals surface area contributed by atoms with Crippen molar-refractivity contribution in [1.29, 1.82) is 0 Å². The molecular formula is C21H30N6O2. The molecule has 2 aliphatic heterocycles. The van der Waals surface area contributed by atoms with Crippen LogP contribution in [0, 0.1) is 6.92 Å². The molecule has 2 saturated heterocycles. The second kappa shape index (κ2) is 9.37. The molecule has 2 unspecified atom stereocenters. The maximum atomic E-state index is 6.11. The lowest BCUT2D eigenvalue weighted by Crippen LogP contribution is -2.50. The van der Waals surface area contributed by atoms with Crippen molar-refractivity contribution in [3.8, 4) is 0 Å². The van der Waals surface area contributed by atoms with Gasteiger partial charge in [-0.15, -0.1) is 0 Å². The standard InChI is InChI=1S/C21H30N6O2/c1-3-22-21(23-10-9-20-24-16(2)25-29-20)27-14-18-19(15-27)28-12-11-26(18)13-17-7-5-4-6-8-17/h4-8,18-19H,3,9-15H2,1-2H3,(H,22,23). The molecule has 2 aliphatic rings. The Hall–Kier alpha value is -2.45. The van der Waals surface area contributed by atoms with Gasteiger partial charge in [0.25, 0.3) is 0 Å². The number of rotatable bonds is 6. The molecule has 8 nitrogen and oxygen atoms in total. The van der Waals surface area contributed by atoms with E-state index in [4.69, 9.17) is 14.3 Å². The monoisotopic (exact) mass is 398 g/mol. The highest BCUT2D eigenvalue weighted by Gasteiger charge is 2.41. The quantitative estimate of drug-likeness (QED) is 0.583. The number of aliphatic imine (C=N–C) groups is 1. The van der Waals surface area contributed by atoms with E-state index in [1.807, 2.05) is 6.92 Å². The van der Waals surface area contributed by atoms with Crippen LogP contribution in [0.3, 0.4) is 0 Å². The van der Waals surface area contributed by atoms with E-state index in [0.29, 0.717) is 30.7 Å². The summed E-state index contributed by atoms with van der Waals surface area (Å²) >= 11 is 0. The minimum Gasteiger partial charge on any atom is -0.373 e. The SMILES string of the molecule is CCNC(=NCCc1nc(C)no1)N1CC2OCCN(Cc3ccccc3)C2C1. The summed E-state index contributed by atoms with van der Waals surface area (Å²) in [4.78, 5) is 13.9. The van der Waals surface area contributed by atoms with Crippen LogP contribution in [0.25, 0.3) is 0 Å². The molecule has 0 bridgehead atoms. The average Bonchev–Trinajstić information content (AvgIpc) is 3.35. The van der Waals surface area contributed by atoms with Gasteiger partial charge in [0.05, 0.1) is 25.3 Å². The minimum absolute atomic E-state index is 0.218. The fourth-order valence-electron chi connectivity index (χ4n) is 4.07. The van der Waals surface area contributed by atoms with Crippen molar-refractivity contribution in [3.05, 3.63) is 47.6 Å².